The Bertz CT molecular complexity index is 662. The molecule has 0 aromatic carbocycles. The highest BCUT2D eigenvalue weighted by Crippen LogP contribution is 2.29. The van der Waals surface area contributed by atoms with Gasteiger partial charge in [-0.25, -0.2) is 14.3 Å². The molecule has 0 radical (unpaired) electrons. The minimum atomic E-state index is -1.54. The average Bonchev–Trinajstić information content (AvgIpc) is 2.43. The minimum absolute atomic E-state index is 0.208. The smallest absolute Gasteiger partial charge is 0.444 e. The van der Waals surface area contributed by atoms with Crippen LogP contribution in [-0.2, 0) is 0 Å². The number of urea groups is 2. The third-order valence-corrected chi connectivity index (χ3v) is 2.27. The Labute approximate surface area is 124 Å². The number of primary amides is 2. The first-order valence-corrected chi connectivity index (χ1v) is 5.15. The fraction of sp³-hybridized carbons (Fsp3) is 0. The molecule has 17 heteroatoms. The van der Waals surface area contributed by atoms with Crippen LogP contribution in [-0.4, -0.2) is 26.9 Å². The molecule has 1 aromatic rings. The summed E-state index contributed by atoms with van der Waals surface area (Å²) in [4.78, 5) is 44.1. The summed E-state index contributed by atoms with van der Waals surface area (Å²) in [5.41, 5.74) is 9.56. The number of carbonyl (C=O) groups is 2. The molecular weight excluding hydrogens is 324 g/mol. The maximum Gasteiger partial charge on any atom is 0.444 e. The van der Waals surface area contributed by atoms with E-state index in [1.54, 1.807) is 0 Å². The van der Waals surface area contributed by atoms with Crippen molar-refractivity contribution in [2.45, 2.75) is 0 Å². The van der Waals surface area contributed by atoms with Crippen molar-refractivity contribution in [1.29, 1.82) is 0 Å². The summed E-state index contributed by atoms with van der Waals surface area (Å²) in [7, 11) is 0. The van der Waals surface area contributed by atoms with Gasteiger partial charge < -0.3 is 36.9 Å². The van der Waals surface area contributed by atoms with Crippen LogP contribution in [0, 0.1) is 25.4 Å². The summed E-state index contributed by atoms with van der Waals surface area (Å²) in [6.07, 6.45) is 0. The van der Waals surface area contributed by atoms with E-state index in [1.165, 1.54) is 0 Å². The number of anilines is 2. The second-order valence-corrected chi connectivity index (χ2v) is 3.63. The van der Waals surface area contributed by atoms with Crippen molar-refractivity contribution in [3.8, 4) is 0 Å². The number of hydrazine groups is 2. The summed E-state index contributed by atoms with van der Waals surface area (Å²) in [6, 6.07) is -3.08. The van der Waals surface area contributed by atoms with E-state index in [4.69, 9.17) is 23.2 Å². The number of aromatic nitrogens is 2. The Balaban J connectivity index is 3.93. The molecule has 0 aliphatic carbocycles. The molecule has 0 bridgehead atoms. The van der Waals surface area contributed by atoms with Crippen LogP contribution in [0.15, 0.2) is 0 Å². The zero-order valence-electron chi connectivity index (χ0n) is 10.9. The summed E-state index contributed by atoms with van der Waals surface area (Å²) in [5.74, 6) is 4.60. The number of carbonyl (C=O) groups excluding carboxylic acids is 2. The minimum Gasteiger partial charge on any atom is -0.739 e. The molecule has 1 rings (SSSR count). The van der Waals surface area contributed by atoms with Gasteiger partial charge in [0.25, 0.3) is 0 Å². The van der Waals surface area contributed by atoms with Gasteiger partial charge >= 0.3 is 35.3 Å². The quantitative estimate of drug-likeness (QED) is 0.108. The molecule has 1 aromatic heterocycles. The van der Waals surface area contributed by atoms with E-state index in [1.807, 2.05) is 0 Å². The molecule has 0 atom stereocenters. The number of nitro groups is 2. The number of nitrogens with zero attached hydrogens (tertiary/aromatic N) is 6. The molecule has 0 unspecified atom stereocenters. The number of amides is 4. The fourth-order valence-electron chi connectivity index (χ4n) is 1.35. The van der Waals surface area contributed by atoms with Crippen LogP contribution in [0.4, 0.5) is 32.9 Å². The molecule has 17 nitrogen and oxygen atoms in total. The van der Waals surface area contributed by atoms with Gasteiger partial charge in [-0.2, -0.15) is 11.7 Å². The maximum absolute atomic E-state index is 12.1. The molecule has 0 spiro atoms. The second-order valence-electron chi connectivity index (χ2n) is 3.63. The molecule has 0 aliphatic heterocycles. The zero-order chi connectivity index (χ0) is 18.1. The van der Waals surface area contributed by atoms with Crippen molar-refractivity contribution in [2.75, 3.05) is 10.0 Å². The Morgan fingerprint density at radius 2 is 1.26 bits per heavy atom. The number of rotatable bonds is 4. The monoisotopic (exact) mass is 332 g/mol. The second kappa shape index (κ2) is 5.87. The van der Waals surface area contributed by atoms with E-state index in [-0.39, 0.29) is 10.0 Å². The van der Waals surface area contributed by atoms with Crippen LogP contribution in [0.5, 0.6) is 0 Å². The fourth-order valence-corrected chi connectivity index (χ4v) is 1.35. The predicted octanol–water partition coefficient (Wildman–Crippen LogP) is -2.95. The predicted molar refractivity (Wildman–Crippen MR) is 69.0 cm³/mol. The van der Waals surface area contributed by atoms with Crippen molar-refractivity contribution in [1.82, 2.24) is 4.98 Å². The molecule has 1 heterocycles. The number of hydrogen-bond acceptors (Lipinski definition) is 10. The summed E-state index contributed by atoms with van der Waals surface area (Å²) >= 11 is 0. The van der Waals surface area contributed by atoms with Gasteiger partial charge in [0.05, 0.1) is 0 Å². The van der Waals surface area contributed by atoms with E-state index in [2.05, 4.69) is 4.98 Å². The van der Waals surface area contributed by atoms with E-state index in [9.17, 15) is 35.0 Å². The van der Waals surface area contributed by atoms with Crippen LogP contribution >= 0.6 is 0 Å². The lowest BCUT2D eigenvalue weighted by Crippen LogP contribution is -2.54. The lowest BCUT2D eigenvalue weighted by Gasteiger charge is -2.19. The van der Waals surface area contributed by atoms with E-state index in [0.29, 0.717) is 0 Å². The highest BCUT2D eigenvalue weighted by atomic mass is 16.6. The Hall–Kier alpha value is -3.86. The normalized spacial score (nSPS) is 10.0. The van der Waals surface area contributed by atoms with E-state index < -0.39 is 49.9 Å². The third kappa shape index (κ3) is 2.93. The molecule has 8 N–H and O–H groups in total. The molecule has 0 aliphatic rings. The third-order valence-electron chi connectivity index (χ3n) is 2.27. The van der Waals surface area contributed by atoms with Crippen molar-refractivity contribution >= 4 is 35.3 Å². The highest BCUT2D eigenvalue weighted by molar-refractivity contribution is 5.91. The topological polar surface area (TPSA) is 271 Å². The summed E-state index contributed by atoms with van der Waals surface area (Å²) in [6.45, 7) is 0. The molecule has 23 heavy (non-hydrogen) atoms. The van der Waals surface area contributed by atoms with Gasteiger partial charge in [0.15, 0.2) is 0 Å². The maximum atomic E-state index is 12.1. The van der Waals surface area contributed by atoms with Crippen LogP contribution in [0.25, 0.3) is 0 Å². The molecule has 0 saturated carbocycles. The van der Waals surface area contributed by atoms with Crippen molar-refractivity contribution < 1.29 is 24.2 Å². The molecular formula is C6H8N10O7. The largest absolute Gasteiger partial charge is 0.739 e. The molecule has 124 valence electrons. The number of nitrogens with two attached hydrogens (primary N) is 4. The van der Waals surface area contributed by atoms with Crippen molar-refractivity contribution in [3.05, 3.63) is 25.4 Å². The standard InChI is InChI=1S/C6H8N10O7/c7-5(17)12(9)3-1(15(20)21)11-2(16(22)23)4(14(3)19)13(10)6(8)18/h9-10H2,(H2,7,17)(H2,8,18). The van der Waals surface area contributed by atoms with Crippen LogP contribution in [0.1, 0.15) is 0 Å². The first-order valence-electron chi connectivity index (χ1n) is 5.15. The highest BCUT2D eigenvalue weighted by Gasteiger charge is 2.41. The lowest BCUT2D eigenvalue weighted by atomic mass is 10.5. The zero-order valence-corrected chi connectivity index (χ0v) is 10.9. The average molecular weight is 332 g/mol. The first kappa shape index (κ1) is 17.2. The SMILES string of the molecule is NC(=O)N(N)c1c([N+](=O)[O-])nc([N+](=O)[O-])c(N(N)C(N)=O)[n+]1[O-]. The van der Waals surface area contributed by atoms with Crippen LogP contribution in [0.2, 0.25) is 0 Å². The van der Waals surface area contributed by atoms with Gasteiger partial charge in [-0.15, -0.1) is 10.0 Å². The lowest BCUT2D eigenvalue weighted by molar-refractivity contribution is -0.588. The Morgan fingerprint density at radius 1 is 0.957 bits per heavy atom. The Morgan fingerprint density at radius 3 is 1.48 bits per heavy atom. The first-order chi connectivity index (χ1) is 10.5. The molecule has 0 saturated heterocycles. The van der Waals surface area contributed by atoms with E-state index >= 15 is 0 Å². The summed E-state index contributed by atoms with van der Waals surface area (Å²) in [5, 5.41) is 33.5. The summed E-state index contributed by atoms with van der Waals surface area (Å²) < 4.78 is -0.640. The van der Waals surface area contributed by atoms with Gasteiger partial charge in [-0.05, 0) is 9.85 Å². The molecule has 4 amide bonds. The van der Waals surface area contributed by atoms with Gasteiger partial charge in [-0.1, -0.05) is 0 Å². The van der Waals surface area contributed by atoms with Crippen molar-refractivity contribution in [3.63, 3.8) is 0 Å². The van der Waals surface area contributed by atoms with Crippen LogP contribution < -0.4 is 37.9 Å². The van der Waals surface area contributed by atoms with Gasteiger partial charge in [0.2, 0.25) is 0 Å². The van der Waals surface area contributed by atoms with Crippen LogP contribution in [0.3, 0.4) is 0 Å². The van der Waals surface area contributed by atoms with Gasteiger partial charge in [-0.3, -0.25) is 0 Å². The van der Waals surface area contributed by atoms with Gasteiger partial charge in [0, 0.05) is 4.98 Å². The Kier molecular flexibility index (Phi) is 4.39. The van der Waals surface area contributed by atoms with Crippen molar-refractivity contribution in [2.24, 2.45) is 23.2 Å². The number of hydrogen-bond donors (Lipinski definition) is 4. The van der Waals surface area contributed by atoms with E-state index in [0.717, 1.165) is 0 Å². The van der Waals surface area contributed by atoms with Gasteiger partial charge in [0.1, 0.15) is 0 Å². The molecule has 0 fully saturated rings.